The van der Waals surface area contributed by atoms with Crippen LogP contribution in [0.4, 0.5) is 11.4 Å². The number of nitro groups is 1. The van der Waals surface area contributed by atoms with Gasteiger partial charge in [0.1, 0.15) is 5.69 Å². The maximum Gasteiger partial charge on any atom is 0.293 e. The van der Waals surface area contributed by atoms with Crippen LogP contribution >= 0.6 is 0 Å². The zero-order valence-electron chi connectivity index (χ0n) is 9.84. The van der Waals surface area contributed by atoms with Crippen molar-refractivity contribution in [2.24, 2.45) is 11.8 Å². The lowest BCUT2D eigenvalue weighted by molar-refractivity contribution is -0.384. The van der Waals surface area contributed by atoms with Crippen molar-refractivity contribution in [3.05, 3.63) is 33.9 Å². The molecule has 2 unspecified atom stereocenters. The van der Waals surface area contributed by atoms with E-state index in [4.69, 9.17) is 5.84 Å². The Morgan fingerprint density at radius 3 is 2.72 bits per heavy atom. The first kappa shape index (κ1) is 12.3. The summed E-state index contributed by atoms with van der Waals surface area (Å²) in [6, 6.07) is 4.27. The normalized spacial score (nSPS) is 21.2. The van der Waals surface area contributed by atoms with Gasteiger partial charge in [-0.2, -0.15) is 0 Å². The molecule has 2 atom stereocenters. The number of hydrogen-bond acceptors (Lipinski definition) is 5. The minimum absolute atomic E-state index is 0.122. The average Bonchev–Trinajstić information content (AvgIpc) is 3.03. The van der Waals surface area contributed by atoms with Gasteiger partial charge in [-0.25, -0.2) is 0 Å². The largest absolute Gasteiger partial charge is 0.349 e. The molecule has 0 aromatic heterocycles. The van der Waals surface area contributed by atoms with Gasteiger partial charge in [-0.15, -0.1) is 0 Å². The van der Waals surface area contributed by atoms with E-state index >= 15 is 0 Å². The van der Waals surface area contributed by atoms with Crippen LogP contribution in [-0.4, -0.2) is 16.9 Å². The maximum atomic E-state index is 11.8. The van der Waals surface area contributed by atoms with Gasteiger partial charge in [-0.1, -0.05) is 6.92 Å². The van der Waals surface area contributed by atoms with Crippen molar-refractivity contribution in [2.75, 3.05) is 5.43 Å². The molecule has 18 heavy (non-hydrogen) atoms. The van der Waals surface area contributed by atoms with E-state index in [2.05, 4.69) is 10.7 Å². The molecule has 2 rings (SSSR count). The van der Waals surface area contributed by atoms with E-state index in [-0.39, 0.29) is 23.3 Å². The molecule has 0 bridgehead atoms. The fourth-order valence-electron chi connectivity index (χ4n) is 1.73. The highest BCUT2D eigenvalue weighted by atomic mass is 16.6. The first-order valence-corrected chi connectivity index (χ1v) is 5.59. The number of nitrogen functional groups attached to an aromatic ring is 1. The molecular formula is C11H14N4O3. The Bertz CT molecular complexity index is 503. The van der Waals surface area contributed by atoms with E-state index in [9.17, 15) is 14.9 Å². The summed E-state index contributed by atoms with van der Waals surface area (Å²) in [6.45, 7) is 2.05. The summed E-state index contributed by atoms with van der Waals surface area (Å²) in [6.07, 6.45) is 0.973. The highest BCUT2D eigenvalue weighted by molar-refractivity contribution is 5.96. The lowest BCUT2D eigenvalue weighted by Crippen LogP contribution is -2.26. The Kier molecular flexibility index (Phi) is 3.15. The van der Waals surface area contributed by atoms with Crippen LogP contribution in [0.2, 0.25) is 0 Å². The molecule has 0 spiro atoms. The van der Waals surface area contributed by atoms with Crippen LogP contribution < -0.4 is 16.6 Å². The number of anilines is 1. The third-order valence-corrected chi connectivity index (χ3v) is 3.04. The summed E-state index contributed by atoms with van der Waals surface area (Å²) in [5, 5.41) is 13.5. The standard InChI is InChI=1S/C11H14N4O3/c1-6-4-8(6)13-11(16)7-2-3-10(15(17)18)9(5-7)14-12/h2-3,5-6,8,14H,4,12H2,1H3,(H,13,16). The minimum atomic E-state index is -0.556. The van der Waals surface area contributed by atoms with Crippen LogP contribution in [0.3, 0.4) is 0 Å². The highest BCUT2D eigenvalue weighted by Gasteiger charge is 2.34. The molecule has 4 N–H and O–H groups in total. The number of benzene rings is 1. The molecule has 1 amide bonds. The van der Waals surface area contributed by atoms with Gasteiger partial charge in [-0.05, 0) is 24.5 Å². The molecule has 7 heteroatoms. The Hall–Kier alpha value is -2.15. The highest BCUT2D eigenvalue weighted by Crippen LogP contribution is 2.30. The number of carbonyl (C=O) groups is 1. The first-order chi connectivity index (χ1) is 8.52. The number of hydrogen-bond donors (Lipinski definition) is 3. The van der Waals surface area contributed by atoms with Gasteiger partial charge in [0.25, 0.3) is 11.6 Å². The molecule has 0 heterocycles. The number of nitrogens with one attached hydrogen (secondary N) is 2. The van der Waals surface area contributed by atoms with Crippen molar-refractivity contribution in [1.82, 2.24) is 5.32 Å². The van der Waals surface area contributed by atoms with E-state index in [0.29, 0.717) is 11.5 Å². The Morgan fingerprint density at radius 2 is 2.22 bits per heavy atom. The molecule has 0 saturated heterocycles. The smallest absolute Gasteiger partial charge is 0.293 e. The van der Waals surface area contributed by atoms with Gasteiger partial charge in [0.05, 0.1) is 4.92 Å². The number of carbonyl (C=O) groups excluding carboxylic acids is 1. The third-order valence-electron chi connectivity index (χ3n) is 3.04. The van der Waals surface area contributed by atoms with Gasteiger partial charge in [0, 0.05) is 17.7 Å². The second-order valence-electron chi connectivity index (χ2n) is 4.43. The van der Waals surface area contributed by atoms with Crippen LogP contribution in [0.5, 0.6) is 0 Å². The Morgan fingerprint density at radius 1 is 1.56 bits per heavy atom. The number of nitrogens with zero attached hydrogens (tertiary/aromatic N) is 1. The molecule has 7 nitrogen and oxygen atoms in total. The van der Waals surface area contributed by atoms with E-state index in [1.807, 2.05) is 6.92 Å². The number of amides is 1. The van der Waals surface area contributed by atoms with E-state index < -0.39 is 4.92 Å². The van der Waals surface area contributed by atoms with E-state index in [1.54, 1.807) is 0 Å². The SMILES string of the molecule is CC1CC1NC(=O)c1ccc([N+](=O)[O-])c(NN)c1. The quantitative estimate of drug-likeness (QED) is 0.419. The Labute approximate surface area is 103 Å². The summed E-state index contributed by atoms with van der Waals surface area (Å²) in [5.41, 5.74) is 2.55. The fraction of sp³-hybridized carbons (Fsp3) is 0.364. The number of rotatable bonds is 4. The molecule has 0 radical (unpaired) electrons. The predicted octanol–water partition coefficient (Wildman–Crippen LogP) is 1.02. The van der Waals surface area contributed by atoms with Gasteiger partial charge in [0.2, 0.25) is 0 Å². The minimum Gasteiger partial charge on any atom is -0.349 e. The lowest BCUT2D eigenvalue weighted by atomic mass is 10.1. The van der Waals surface area contributed by atoms with Crippen molar-refractivity contribution >= 4 is 17.3 Å². The van der Waals surface area contributed by atoms with Crippen molar-refractivity contribution < 1.29 is 9.72 Å². The Balaban J connectivity index is 2.18. The van der Waals surface area contributed by atoms with Gasteiger partial charge < -0.3 is 10.7 Å². The summed E-state index contributed by atoms with van der Waals surface area (Å²) in [7, 11) is 0. The molecule has 1 aromatic rings. The number of hydrazine groups is 1. The van der Waals surface area contributed by atoms with E-state index in [1.165, 1.54) is 18.2 Å². The average molecular weight is 250 g/mol. The van der Waals surface area contributed by atoms with Crippen molar-refractivity contribution in [1.29, 1.82) is 0 Å². The van der Waals surface area contributed by atoms with Crippen LogP contribution in [0, 0.1) is 16.0 Å². The van der Waals surface area contributed by atoms with Crippen LogP contribution in [0.15, 0.2) is 18.2 Å². The number of nitrogens with two attached hydrogens (primary N) is 1. The van der Waals surface area contributed by atoms with Gasteiger partial charge >= 0.3 is 0 Å². The fourth-order valence-corrected chi connectivity index (χ4v) is 1.73. The van der Waals surface area contributed by atoms with Gasteiger partial charge in [0.15, 0.2) is 0 Å². The molecular weight excluding hydrogens is 236 g/mol. The summed E-state index contributed by atoms with van der Waals surface area (Å²) in [5.74, 6) is 5.47. The summed E-state index contributed by atoms with van der Waals surface area (Å²) < 4.78 is 0. The first-order valence-electron chi connectivity index (χ1n) is 5.59. The zero-order chi connectivity index (χ0) is 13.3. The maximum absolute atomic E-state index is 11.8. The molecule has 1 aliphatic carbocycles. The van der Waals surface area contributed by atoms with Crippen molar-refractivity contribution in [3.8, 4) is 0 Å². The molecule has 1 saturated carbocycles. The van der Waals surface area contributed by atoms with Gasteiger partial charge in [-0.3, -0.25) is 20.8 Å². The molecule has 0 aliphatic heterocycles. The van der Waals surface area contributed by atoms with Crippen LogP contribution in [-0.2, 0) is 0 Å². The van der Waals surface area contributed by atoms with Crippen LogP contribution in [0.25, 0.3) is 0 Å². The summed E-state index contributed by atoms with van der Waals surface area (Å²) in [4.78, 5) is 22.0. The lowest BCUT2D eigenvalue weighted by Gasteiger charge is -2.06. The molecule has 1 aromatic carbocycles. The second-order valence-corrected chi connectivity index (χ2v) is 4.43. The predicted molar refractivity (Wildman–Crippen MR) is 65.9 cm³/mol. The van der Waals surface area contributed by atoms with Crippen LogP contribution in [0.1, 0.15) is 23.7 Å². The topological polar surface area (TPSA) is 110 Å². The molecule has 1 fully saturated rings. The second kappa shape index (κ2) is 4.61. The molecule has 96 valence electrons. The van der Waals surface area contributed by atoms with Crippen molar-refractivity contribution in [2.45, 2.75) is 19.4 Å². The monoisotopic (exact) mass is 250 g/mol. The molecule has 1 aliphatic rings. The zero-order valence-corrected chi connectivity index (χ0v) is 9.84. The van der Waals surface area contributed by atoms with Crippen molar-refractivity contribution in [3.63, 3.8) is 0 Å². The van der Waals surface area contributed by atoms with E-state index in [0.717, 1.165) is 6.42 Å². The summed E-state index contributed by atoms with van der Waals surface area (Å²) >= 11 is 0. The third kappa shape index (κ3) is 2.40. The number of nitro benzene ring substituents is 1.